The van der Waals surface area contributed by atoms with Gasteiger partial charge in [0.2, 0.25) is 0 Å². The summed E-state index contributed by atoms with van der Waals surface area (Å²) in [6.07, 6.45) is 0.994. The molecule has 1 fully saturated rings. The van der Waals surface area contributed by atoms with Crippen molar-refractivity contribution in [1.29, 1.82) is 0 Å². The number of nitrogens with two attached hydrogens (primary N) is 1. The fraction of sp³-hybridized carbons (Fsp3) is 0.346. The standard InChI is InChI=1S/C26H26F3N5O3.H2O4S/c1-12-10-34(11-17(30)25(12)36)24-13-5-8-20(35)22(13)31-9-19(24)33-26(37)18-7-6-16(29)23(32-18)21-14(27)3-2-4-15(21)28;1-5(2,3)4/h2-4,6-7,9,12,17,20,25,35-36H,5,8,10-11,30H2,1H3,(H,33,37);(H2,1,2,3,4)/t12-,17+,20+,25+;/m0./s1. The van der Waals surface area contributed by atoms with Gasteiger partial charge in [-0.3, -0.25) is 18.9 Å². The Balaban J connectivity index is 0.000000748. The van der Waals surface area contributed by atoms with Crippen LogP contribution in [0.25, 0.3) is 11.3 Å². The second-order valence-corrected chi connectivity index (χ2v) is 10.9. The quantitative estimate of drug-likeness (QED) is 0.237. The highest BCUT2D eigenvalue weighted by Gasteiger charge is 2.36. The number of benzene rings is 1. The minimum atomic E-state index is -4.67. The second-order valence-electron chi connectivity index (χ2n) is 10.0. The third-order valence-electron chi connectivity index (χ3n) is 6.97. The molecule has 7 N–H and O–H groups in total. The van der Waals surface area contributed by atoms with Crippen molar-refractivity contribution in [2.45, 2.75) is 38.0 Å². The average molecular weight is 612 g/mol. The molecule has 42 heavy (non-hydrogen) atoms. The maximum Gasteiger partial charge on any atom is 0.394 e. The minimum absolute atomic E-state index is 0.153. The molecule has 0 spiro atoms. The Bertz CT molecular complexity index is 1570. The smallest absolute Gasteiger partial charge is 0.391 e. The van der Waals surface area contributed by atoms with Crippen LogP contribution in [-0.2, 0) is 16.8 Å². The van der Waals surface area contributed by atoms with E-state index in [4.69, 9.17) is 23.3 Å². The van der Waals surface area contributed by atoms with Crippen LogP contribution in [0.1, 0.15) is 41.2 Å². The molecule has 1 amide bonds. The highest BCUT2D eigenvalue weighted by atomic mass is 32.3. The predicted octanol–water partition coefficient (Wildman–Crippen LogP) is 2.28. The highest BCUT2D eigenvalue weighted by molar-refractivity contribution is 7.79. The fourth-order valence-corrected chi connectivity index (χ4v) is 5.11. The van der Waals surface area contributed by atoms with Crippen LogP contribution in [0.15, 0.2) is 36.5 Å². The number of nitrogens with one attached hydrogen (secondary N) is 1. The van der Waals surface area contributed by atoms with E-state index in [0.29, 0.717) is 43.0 Å². The molecule has 12 nitrogen and oxygen atoms in total. The number of piperidine rings is 1. The Hall–Kier alpha value is -3.67. The minimum Gasteiger partial charge on any atom is -0.391 e. The number of halogens is 3. The molecule has 0 bridgehead atoms. The first-order chi connectivity index (χ1) is 19.7. The average Bonchev–Trinajstić information content (AvgIpc) is 3.27. The Morgan fingerprint density at radius 2 is 1.71 bits per heavy atom. The summed E-state index contributed by atoms with van der Waals surface area (Å²) in [5.41, 5.74) is 6.85. The number of aromatic nitrogens is 2. The van der Waals surface area contributed by atoms with Crippen molar-refractivity contribution in [3.8, 4) is 11.3 Å². The molecule has 0 unspecified atom stereocenters. The number of aliphatic hydroxyl groups is 2. The Morgan fingerprint density at radius 1 is 1.07 bits per heavy atom. The van der Waals surface area contributed by atoms with E-state index in [0.717, 1.165) is 35.9 Å². The van der Waals surface area contributed by atoms with Gasteiger partial charge in [0.1, 0.15) is 28.8 Å². The molecule has 0 radical (unpaired) electrons. The summed E-state index contributed by atoms with van der Waals surface area (Å²) in [7, 11) is -4.67. The summed E-state index contributed by atoms with van der Waals surface area (Å²) in [6.45, 7) is 2.64. The van der Waals surface area contributed by atoms with E-state index in [-0.39, 0.29) is 11.6 Å². The molecular formula is C26H28F3N5O7S. The van der Waals surface area contributed by atoms with E-state index in [2.05, 4.69) is 15.3 Å². The largest absolute Gasteiger partial charge is 0.394 e. The van der Waals surface area contributed by atoms with Crippen LogP contribution < -0.4 is 16.0 Å². The van der Waals surface area contributed by atoms with E-state index >= 15 is 0 Å². The molecule has 16 heteroatoms. The van der Waals surface area contributed by atoms with Gasteiger partial charge in [0.05, 0.1) is 41.0 Å². The molecule has 1 aromatic carbocycles. The lowest BCUT2D eigenvalue weighted by atomic mass is 9.92. The molecule has 2 aromatic heterocycles. The number of aliphatic hydroxyl groups excluding tert-OH is 2. The lowest BCUT2D eigenvalue weighted by Crippen LogP contribution is -2.56. The van der Waals surface area contributed by atoms with Gasteiger partial charge in [-0.15, -0.1) is 0 Å². The molecule has 3 aromatic rings. The van der Waals surface area contributed by atoms with Crippen LogP contribution in [0.3, 0.4) is 0 Å². The Labute approximate surface area is 238 Å². The van der Waals surface area contributed by atoms with Crippen molar-refractivity contribution in [3.63, 3.8) is 0 Å². The number of pyridine rings is 2. The van der Waals surface area contributed by atoms with Crippen molar-refractivity contribution in [3.05, 3.63) is 70.9 Å². The van der Waals surface area contributed by atoms with Crippen molar-refractivity contribution in [2.75, 3.05) is 23.3 Å². The van der Waals surface area contributed by atoms with Gasteiger partial charge in [-0.1, -0.05) is 13.0 Å². The monoisotopic (exact) mass is 611 g/mol. The van der Waals surface area contributed by atoms with E-state index in [1.54, 1.807) is 0 Å². The number of fused-ring (bicyclic) bond motifs is 1. The van der Waals surface area contributed by atoms with Gasteiger partial charge >= 0.3 is 10.4 Å². The van der Waals surface area contributed by atoms with Gasteiger partial charge < -0.3 is 26.2 Å². The van der Waals surface area contributed by atoms with Gasteiger partial charge in [-0.25, -0.2) is 18.2 Å². The molecule has 4 atom stereocenters. The van der Waals surface area contributed by atoms with Gasteiger partial charge in [-0.2, -0.15) is 8.42 Å². The van der Waals surface area contributed by atoms with Crippen LogP contribution in [0.5, 0.6) is 0 Å². The SMILES string of the molecule is C[C@H]1CN(c2c(NC(=O)c3ccc(F)c(-c4c(F)cccc4F)n3)cnc3c2CC[C@H]3O)C[C@@H](N)[C@@H]1O.O=S(=O)(O)O. The molecule has 226 valence electrons. The van der Waals surface area contributed by atoms with Crippen LogP contribution in [0, 0.1) is 23.4 Å². The van der Waals surface area contributed by atoms with E-state index < -0.39 is 63.3 Å². The predicted molar refractivity (Wildman–Crippen MR) is 145 cm³/mol. The molecule has 1 saturated heterocycles. The van der Waals surface area contributed by atoms with Crippen LogP contribution in [0.4, 0.5) is 24.5 Å². The zero-order chi connectivity index (χ0) is 30.9. The summed E-state index contributed by atoms with van der Waals surface area (Å²) in [4.78, 5) is 23.4. The van der Waals surface area contributed by atoms with E-state index in [9.17, 15) is 28.2 Å². The maximum atomic E-state index is 14.5. The Morgan fingerprint density at radius 3 is 2.33 bits per heavy atom. The summed E-state index contributed by atoms with van der Waals surface area (Å²) in [5, 5.41) is 23.4. The van der Waals surface area contributed by atoms with E-state index in [1.807, 2.05) is 11.8 Å². The zero-order valence-electron chi connectivity index (χ0n) is 22.1. The number of amides is 1. The maximum absolute atomic E-state index is 14.5. The third kappa shape index (κ3) is 6.86. The molecule has 1 aliphatic heterocycles. The van der Waals surface area contributed by atoms with Crippen LogP contribution in [-0.4, -0.2) is 68.8 Å². The topological polar surface area (TPSA) is 199 Å². The summed E-state index contributed by atoms with van der Waals surface area (Å²) >= 11 is 0. The van der Waals surface area contributed by atoms with Gasteiger partial charge in [-0.05, 0) is 37.1 Å². The summed E-state index contributed by atoms with van der Waals surface area (Å²) in [6, 6.07) is 4.61. The number of anilines is 2. The van der Waals surface area contributed by atoms with Crippen molar-refractivity contribution < 1.29 is 45.7 Å². The lowest BCUT2D eigenvalue weighted by molar-refractivity contribution is 0.0784. The first-order valence-corrected chi connectivity index (χ1v) is 14.1. The first kappa shape index (κ1) is 31.3. The zero-order valence-corrected chi connectivity index (χ0v) is 22.9. The molecule has 5 rings (SSSR count). The van der Waals surface area contributed by atoms with Gasteiger partial charge in [0.15, 0.2) is 0 Å². The number of hydrogen-bond acceptors (Lipinski definition) is 9. The molecule has 0 saturated carbocycles. The second kappa shape index (κ2) is 12.3. The summed E-state index contributed by atoms with van der Waals surface area (Å²) < 4.78 is 74.7. The lowest BCUT2D eigenvalue weighted by Gasteiger charge is -2.41. The molecular weight excluding hydrogens is 583 g/mol. The number of nitrogens with zero attached hydrogens (tertiary/aromatic N) is 3. The van der Waals surface area contributed by atoms with Gasteiger partial charge in [0.25, 0.3) is 5.91 Å². The number of hydrogen-bond donors (Lipinski definition) is 6. The molecule has 2 aliphatic rings. The molecule has 1 aliphatic carbocycles. The van der Waals surface area contributed by atoms with Crippen LogP contribution in [0.2, 0.25) is 0 Å². The van der Waals surface area contributed by atoms with Gasteiger partial charge in [0, 0.05) is 30.6 Å². The normalized spacial score (nSPS) is 21.8. The number of carbonyl (C=O) groups is 1. The molecule has 3 heterocycles. The van der Waals surface area contributed by atoms with Crippen molar-refractivity contribution in [2.24, 2.45) is 11.7 Å². The Kier molecular flexibility index (Phi) is 9.15. The van der Waals surface area contributed by atoms with E-state index in [1.165, 1.54) is 6.20 Å². The number of carbonyl (C=O) groups excluding carboxylic acids is 1. The fourth-order valence-electron chi connectivity index (χ4n) is 5.11. The first-order valence-electron chi connectivity index (χ1n) is 12.7. The third-order valence-corrected chi connectivity index (χ3v) is 6.97. The summed E-state index contributed by atoms with van der Waals surface area (Å²) in [5.74, 6) is -3.90. The number of rotatable bonds is 4. The van der Waals surface area contributed by atoms with Crippen LogP contribution >= 0.6 is 0 Å². The van der Waals surface area contributed by atoms with Crippen molar-refractivity contribution in [1.82, 2.24) is 9.97 Å². The van der Waals surface area contributed by atoms with Crippen molar-refractivity contribution >= 4 is 27.7 Å². The highest BCUT2D eigenvalue weighted by Crippen LogP contribution is 2.41.